The highest BCUT2D eigenvalue weighted by atomic mass is 32.1. The van der Waals surface area contributed by atoms with Gasteiger partial charge in [-0.1, -0.05) is 18.2 Å². The van der Waals surface area contributed by atoms with Crippen LogP contribution in [-0.2, 0) is 6.42 Å². The molecule has 0 spiro atoms. The highest BCUT2D eigenvalue weighted by molar-refractivity contribution is 7.17. The third-order valence-corrected chi connectivity index (χ3v) is 4.45. The molecule has 0 saturated carbocycles. The number of hydrogen-bond acceptors (Lipinski definition) is 3. The number of nitrogens with zero attached hydrogens (tertiary/aromatic N) is 1. The second-order valence-corrected chi connectivity index (χ2v) is 5.85. The van der Waals surface area contributed by atoms with E-state index < -0.39 is 0 Å². The van der Waals surface area contributed by atoms with Crippen LogP contribution in [0, 0.1) is 13.8 Å². The molecular formula is C17H15NOS. The van der Waals surface area contributed by atoms with Gasteiger partial charge in [-0.25, -0.2) is 0 Å². The van der Waals surface area contributed by atoms with Crippen LogP contribution >= 0.6 is 11.3 Å². The van der Waals surface area contributed by atoms with Crippen molar-refractivity contribution >= 4 is 27.2 Å². The van der Waals surface area contributed by atoms with E-state index in [0.717, 1.165) is 22.5 Å². The lowest BCUT2D eigenvalue weighted by Gasteiger charge is -2.05. The molecule has 0 aliphatic heterocycles. The van der Waals surface area contributed by atoms with Gasteiger partial charge in [-0.3, -0.25) is 9.78 Å². The van der Waals surface area contributed by atoms with Crippen LogP contribution < -0.4 is 0 Å². The minimum Gasteiger partial charge on any atom is -0.294 e. The number of thiophene rings is 1. The number of fused-ring (bicyclic) bond motifs is 1. The summed E-state index contributed by atoms with van der Waals surface area (Å²) in [7, 11) is 0. The van der Waals surface area contributed by atoms with Gasteiger partial charge in [0.15, 0.2) is 5.78 Å². The van der Waals surface area contributed by atoms with Gasteiger partial charge < -0.3 is 0 Å². The van der Waals surface area contributed by atoms with Crippen LogP contribution in [0.4, 0.5) is 0 Å². The van der Waals surface area contributed by atoms with Gasteiger partial charge in [0, 0.05) is 28.1 Å². The molecule has 0 amide bonds. The SMILES string of the molecule is Cc1ccc(C(=O)Cc2csc3ccccc23)c(C)n1. The number of aryl methyl sites for hydroxylation is 2. The molecule has 0 N–H and O–H groups in total. The molecule has 3 heteroatoms. The van der Waals surface area contributed by atoms with E-state index in [-0.39, 0.29) is 5.78 Å². The standard InChI is InChI=1S/C17H15NOS/c1-11-7-8-14(12(2)18-11)16(19)9-13-10-20-17-6-4-3-5-15(13)17/h3-8,10H,9H2,1-2H3. The van der Waals surface area contributed by atoms with E-state index in [2.05, 4.69) is 22.5 Å². The Hall–Kier alpha value is -2.00. The van der Waals surface area contributed by atoms with Crippen molar-refractivity contribution in [3.8, 4) is 0 Å². The monoisotopic (exact) mass is 281 g/mol. The number of ketones is 1. The van der Waals surface area contributed by atoms with E-state index in [1.807, 2.05) is 38.1 Å². The predicted octanol–water partition coefficient (Wildman–Crippen LogP) is 4.34. The van der Waals surface area contributed by atoms with Crippen LogP contribution in [0.25, 0.3) is 10.1 Å². The molecule has 0 aliphatic rings. The number of pyridine rings is 1. The number of hydrogen-bond donors (Lipinski definition) is 0. The number of carbonyl (C=O) groups is 1. The van der Waals surface area contributed by atoms with Crippen LogP contribution in [0.3, 0.4) is 0 Å². The molecule has 0 saturated heterocycles. The first-order valence-electron chi connectivity index (χ1n) is 6.57. The van der Waals surface area contributed by atoms with E-state index >= 15 is 0 Å². The Morgan fingerprint density at radius 1 is 1.15 bits per heavy atom. The molecule has 3 rings (SSSR count). The number of aromatic nitrogens is 1. The maximum atomic E-state index is 12.5. The summed E-state index contributed by atoms with van der Waals surface area (Å²) in [5.74, 6) is 0.138. The van der Waals surface area contributed by atoms with Crippen LogP contribution in [0.2, 0.25) is 0 Å². The summed E-state index contributed by atoms with van der Waals surface area (Å²) in [4.78, 5) is 16.8. The molecule has 3 aromatic rings. The molecule has 0 fully saturated rings. The summed E-state index contributed by atoms with van der Waals surface area (Å²) in [5.41, 5.74) is 3.59. The van der Waals surface area contributed by atoms with Crippen LogP contribution in [0.1, 0.15) is 27.3 Å². The van der Waals surface area contributed by atoms with Crippen LogP contribution in [0.15, 0.2) is 41.8 Å². The van der Waals surface area contributed by atoms with Gasteiger partial charge in [0.1, 0.15) is 0 Å². The van der Waals surface area contributed by atoms with Gasteiger partial charge in [-0.2, -0.15) is 0 Å². The predicted molar refractivity (Wildman–Crippen MR) is 83.6 cm³/mol. The fourth-order valence-electron chi connectivity index (χ4n) is 2.42. The van der Waals surface area contributed by atoms with Crippen molar-refractivity contribution in [2.24, 2.45) is 0 Å². The maximum absolute atomic E-state index is 12.5. The quantitative estimate of drug-likeness (QED) is 0.668. The number of benzene rings is 1. The number of carbonyl (C=O) groups excluding carboxylic acids is 1. The zero-order chi connectivity index (χ0) is 14.1. The van der Waals surface area contributed by atoms with Gasteiger partial charge in [0.25, 0.3) is 0 Å². The van der Waals surface area contributed by atoms with E-state index in [0.29, 0.717) is 6.42 Å². The highest BCUT2D eigenvalue weighted by Gasteiger charge is 2.13. The third kappa shape index (κ3) is 2.37. The largest absolute Gasteiger partial charge is 0.294 e. The summed E-state index contributed by atoms with van der Waals surface area (Å²) >= 11 is 1.69. The van der Waals surface area contributed by atoms with Crippen molar-refractivity contribution in [3.05, 3.63) is 64.3 Å². The minimum atomic E-state index is 0.138. The van der Waals surface area contributed by atoms with Crippen molar-refractivity contribution < 1.29 is 4.79 Å². The molecule has 100 valence electrons. The third-order valence-electron chi connectivity index (χ3n) is 3.44. The first-order chi connectivity index (χ1) is 9.65. The molecule has 2 heterocycles. The molecule has 0 atom stereocenters. The zero-order valence-corrected chi connectivity index (χ0v) is 12.3. The lowest BCUT2D eigenvalue weighted by molar-refractivity contribution is 0.0992. The van der Waals surface area contributed by atoms with Crippen molar-refractivity contribution in [3.63, 3.8) is 0 Å². The van der Waals surface area contributed by atoms with Crippen LogP contribution in [0.5, 0.6) is 0 Å². The molecule has 0 unspecified atom stereocenters. The van der Waals surface area contributed by atoms with E-state index in [9.17, 15) is 4.79 Å². The Kier molecular flexibility index (Phi) is 3.36. The fraction of sp³-hybridized carbons (Fsp3) is 0.176. The lowest BCUT2D eigenvalue weighted by Crippen LogP contribution is -2.07. The normalized spacial score (nSPS) is 10.9. The lowest BCUT2D eigenvalue weighted by atomic mass is 10.0. The second kappa shape index (κ2) is 5.17. The van der Waals surface area contributed by atoms with Gasteiger partial charge in [0.05, 0.1) is 0 Å². The smallest absolute Gasteiger partial charge is 0.169 e. The van der Waals surface area contributed by atoms with Crippen molar-refractivity contribution in [1.29, 1.82) is 0 Å². The fourth-order valence-corrected chi connectivity index (χ4v) is 3.38. The van der Waals surface area contributed by atoms with E-state index in [1.165, 1.54) is 10.1 Å². The van der Waals surface area contributed by atoms with Gasteiger partial charge in [-0.15, -0.1) is 11.3 Å². The average molecular weight is 281 g/mol. The summed E-state index contributed by atoms with van der Waals surface area (Å²) in [6.45, 7) is 3.83. The molecule has 0 aliphatic carbocycles. The topological polar surface area (TPSA) is 30.0 Å². The highest BCUT2D eigenvalue weighted by Crippen LogP contribution is 2.26. The average Bonchev–Trinajstić information content (AvgIpc) is 2.82. The van der Waals surface area contributed by atoms with Crippen molar-refractivity contribution in [2.45, 2.75) is 20.3 Å². The van der Waals surface area contributed by atoms with Gasteiger partial charge in [-0.05, 0) is 48.4 Å². The van der Waals surface area contributed by atoms with Crippen molar-refractivity contribution in [1.82, 2.24) is 4.98 Å². The van der Waals surface area contributed by atoms with Gasteiger partial charge in [0.2, 0.25) is 0 Å². The Labute approximate surface area is 122 Å². The number of rotatable bonds is 3. The molecular weight excluding hydrogens is 266 g/mol. The van der Waals surface area contributed by atoms with Crippen molar-refractivity contribution in [2.75, 3.05) is 0 Å². The van der Waals surface area contributed by atoms with Crippen LogP contribution in [-0.4, -0.2) is 10.8 Å². The number of Topliss-reactive ketones (excluding diaryl/α,β-unsaturated/α-hetero) is 1. The van der Waals surface area contributed by atoms with E-state index in [1.54, 1.807) is 11.3 Å². The molecule has 2 nitrogen and oxygen atoms in total. The Morgan fingerprint density at radius 2 is 1.95 bits per heavy atom. The summed E-state index contributed by atoms with van der Waals surface area (Å²) in [6.07, 6.45) is 0.440. The Bertz CT molecular complexity index is 789. The second-order valence-electron chi connectivity index (χ2n) is 4.94. The summed E-state index contributed by atoms with van der Waals surface area (Å²) in [6, 6.07) is 12.0. The summed E-state index contributed by atoms with van der Waals surface area (Å²) in [5, 5.41) is 3.27. The summed E-state index contributed by atoms with van der Waals surface area (Å²) < 4.78 is 1.23. The molecule has 0 radical (unpaired) electrons. The first-order valence-corrected chi connectivity index (χ1v) is 7.45. The molecule has 0 bridgehead atoms. The van der Waals surface area contributed by atoms with E-state index in [4.69, 9.17) is 0 Å². The molecule has 2 aromatic heterocycles. The minimum absolute atomic E-state index is 0.138. The van der Waals surface area contributed by atoms with Gasteiger partial charge >= 0.3 is 0 Å². The zero-order valence-electron chi connectivity index (χ0n) is 11.5. The molecule has 20 heavy (non-hydrogen) atoms. The maximum Gasteiger partial charge on any atom is 0.169 e. The Balaban J connectivity index is 1.92. The Morgan fingerprint density at radius 3 is 2.75 bits per heavy atom. The first kappa shape index (κ1) is 13.0. The molecule has 1 aromatic carbocycles.